The van der Waals surface area contributed by atoms with Gasteiger partial charge in [0.2, 0.25) is 17.7 Å². The number of aliphatic hydroxyl groups is 1. The van der Waals surface area contributed by atoms with Crippen LogP contribution in [0.3, 0.4) is 0 Å². The predicted octanol–water partition coefficient (Wildman–Crippen LogP) is -0.548. The molecule has 1 rings (SSSR count). The first-order chi connectivity index (χ1) is 15.5. The molecule has 0 bridgehead atoms. The van der Waals surface area contributed by atoms with Crippen LogP contribution >= 0.6 is 12.6 Å². The normalized spacial score (nSPS) is 15.6. The Labute approximate surface area is 199 Å². The van der Waals surface area contributed by atoms with Gasteiger partial charge in [-0.1, -0.05) is 44.2 Å². The molecule has 184 valence electrons. The van der Waals surface area contributed by atoms with E-state index >= 15 is 0 Å². The van der Waals surface area contributed by atoms with Crippen molar-refractivity contribution < 1.29 is 29.4 Å². The molecule has 3 amide bonds. The molecule has 0 aliphatic rings. The number of carboxylic acids is 1. The molecule has 5 unspecified atom stereocenters. The number of nitrogens with one attached hydrogen (secondary N) is 3. The van der Waals surface area contributed by atoms with Crippen molar-refractivity contribution in [3.05, 3.63) is 35.9 Å². The van der Waals surface area contributed by atoms with Crippen molar-refractivity contribution >= 4 is 36.3 Å². The van der Waals surface area contributed by atoms with Crippen LogP contribution in [0.15, 0.2) is 30.3 Å². The van der Waals surface area contributed by atoms with Gasteiger partial charge in [-0.2, -0.15) is 12.6 Å². The minimum Gasteiger partial charge on any atom is -0.480 e. The van der Waals surface area contributed by atoms with Crippen LogP contribution in [0, 0.1) is 5.92 Å². The zero-order valence-electron chi connectivity index (χ0n) is 19.0. The van der Waals surface area contributed by atoms with Gasteiger partial charge in [-0.05, 0) is 24.8 Å². The van der Waals surface area contributed by atoms with Crippen LogP contribution in [0.4, 0.5) is 0 Å². The monoisotopic (exact) mass is 482 g/mol. The fraction of sp³-hybridized carbons (Fsp3) is 0.545. The van der Waals surface area contributed by atoms with Gasteiger partial charge in [0.15, 0.2) is 6.04 Å². The van der Waals surface area contributed by atoms with Gasteiger partial charge >= 0.3 is 5.97 Å². The molecule has 10 nitrogen and oxygen atoms in total. The summed E-state index contributed by atoms with van der Waals surface area (Å²) >= 11 is 4.07. The van der Waals surface area contributed by atoms with Crippen molar-refractivity contribution in [1.29, 1.82) is 0 Å². The number of carboxylic acid groups (broad SMARTS) is 1. The van der Waals surface area contributed by atoms with Gasteiger partial charge < -0.3 is 31.9 Å². The maximum atomic E-state index is 13.0. The Morgan fingerprint density at radius 2 is 1.48 bits per heavy atom. The molecule has 7 N–H and O–H groups in total. The van der Waals surface area contributed by atoms with Gasteiger partial charge in [-0.15, -0.1) is 0 Å². The zero-order chi connectivity index (χ0) is 25.1. The third-order valence-electron chi connectivity index (χ3n) is 4.84. The third kappa shape index (κ3) is 9.80. The number of hydrogen-bond acceptors (Lipinski definition) is 7. The minimum absolute atomic E-state index is 0.136. The third-order valence-corrected chi connectivity index (χ3v) is 5.20. The molecule has 11 heteroatoms. The van der Waals surface area contributed by atoms with Crippen molar-refractivity contribution in [2.75, 3.05) is 5.75 Å². The van der Waals surface area contributed by atoms with Crippen LogP contribution < -0.4 is 21.7 Å². The molecule has 0 fully saturated rings. The van der Waals surface area contributed by atoms with Crippen LogP contribution in [0.1, 0.15) is 32.8 Å². The Balaban J connectivity index is 2.98. The summed E-state index contributed by atoms with van der Waals surface area (Å²) in [5, 5.41) is 26.1. The van der Waals surface area contributed by atoms with Crippen molar-refractivity contribution in [1.82, 2.24) is 16.0 Å². The molecule has 0 radical (unpaired) electrons. The minimum atomic E-state index is -1.55. The van der Waals surface area contributed by atoms with E-state index in [0.29, 0.717) is 6.42 Å². The first-order valence-corrected chi connectivity index (χ1v) is 11.3. The van der Waals surface area contributed by atoms with E-state index in [2.05, 4.69) is 28.6 Å². The number of carbonyl (C=O) groups excluding carboxylic acids is 3. The van der Waals surface area contributed by atoms with E-state index in [0.717, 1.165) is 5.56 Å². The number of benzene rings is 1. The van der Waals surface area contributed by atoms with Crippen LogP contribution in [0.5, 0.6) is 0 Å². The molecule has 0 aliphatic heterocycles. The number of aliphatic hydroxyl groups excluding tert-OH is 1. The zero-order valence-corrected chi connectivity index (χ0v) is 19.9. The summed E-state index contributed by atoms with van der Waals surface area (Å²) in [6, 6.07) is 4.42. The van der Waals surface area contributed by atoms with Crippen molar-refractivity contribution in [3.8, 4) is 0 Å². The summed E-state index contributed by atoms with van der Waals surface area (Å²) < 4.78 is 0. The quantitative estimate of drug-likeness (QED) is 0.185. The predicted molar refractivity (Wildman–Crippen MR) is 127 cm³/mol. The maximum Gasteiger partial charge on any atom is 0.328 e. The van der Waals surface area contributed by atoms with Crippen molar-refractivity contribution in [3.63, 3.8) is 0 Å². The summed E-state index contributed by atoms with van der Waals surface area (Å²) in [6.07, 6.45) is -0.766. The van der Waals surface area contributed by atoms with Gasteiger partial charge in [-0.25, -0.2) is 4.79 Å². The Bertz CT molecular complexity index is 805. The van der Waals surface area contributed by atoms with Crippen LogP contribution in [-0.4, -0.2) is 69.9 Å². The topological polar surface area (TPSA) is 171 Å². The molecular formula is C22H34N4O6S. The van der Waals surface area contributed by atoms with Crippen molar-refractivity contribution in [2.45, 2.75) is 63.9 Å². The van der Waals surface area contributed by atoms with E-state index in [-0.39, 0.29) is 18.1 Å². The molecule has 1 aromatic rings. The van der Waals surface area contributed by atoms with E-state index in [1.54, 1.807) is 24.3 Å². The second-order valence-corrected chi connectivity index (χ2v) is 8.66. The number of amides is 3. The first kappa shape index (κ1) is 28.4. The number of aliphatic carboxylic acids is 1. The number of nitrogens with two attached hydrogens (primary N) is 1. The average molecular weight is 483 g/mol. The van der Waals surface area contributed by atoms with E-state index in [1.165, 1.54) is 6.92 Å². The fourth-order valence-corrected chi connectivity index (χ4v) is 3.32. The van der Waals surface area contributed by atoms with E-state index in [4.69, 9.17) is 10.8 Å². The summed E-state index contributed by atoms with van der Waals surface area (Å²) in [6.45, 7) is 5.07. The highest BCUT2D eigenvalue weighted by molar-refractivity contribution is 7.80. The van der Waals surface area contributed by atoms with Gasteiger partial charge in [0.1, 0.15) is 12.1 Å². The molecule has 0 saturated heterocycles. The number of carbonyl (C=O) groups is 4. The average Bonchev–Trinajstić information content (AvgIpc) is 2.74. The Hall–Kier alpha value is -2.63. The fourth-order valence-electron chi connectivity index (χ4n) is 3.06. The molecule has 0 saturated carbocycles. The van der Waals surface area contributed by atoms with Gasteiger partial charge in [-0.3, -0.25) is 14.4 Å². The lowest BCUT2D eigenvalue weighted by Crippen LogP contribution is -2.59. The molecule has 5 atom stereocenters. The van der Waals surface area contributed by atoms with Gasteiger partial charge in [0.25, 0.3) is 0 Å². The SMILES string of the molecule is CC(C)CC(N)C(=O)NC(Cc1ccccc1)C(=O)NC(CS)C(=O)NC(C(=O)O)C(C)O. The highest BCUT2D eigenvalue weighted by Gasteiger charge is 2.31. The largest absolute Gasteiger partial charge is 0.480 e. The molecule has 0 aliphatic carbocycles. The lowest BCUT2D eigenvalue weighted by Gasteiger charge is -2.25. The van der Waals surface area contributed by atoms with Crippen LogP contribution in [0.25, 0.3) is 0 Å². The number of hydrogen-bond donors (Lipinski definition) is 7. The molecular weight excluding hydrogens is 448 g/mol. The summed E-state index contributed by atoms with van der Waals surface area (Å²) in [5.74, 6) is -3.35. The summed E-state index contributed by atoms with van der Waals surface area (Å²) in [7, 11) is 0. The number of thiol groups is 1. The van der Waals surface area contributed by atoms with E-state index < -0.39 is 54.0 Å². The summed E-state index contributed by atoms with van der Waals surface area (Å²) in [4.78, 5) is 49.3. The molecule has 0 aromatic heterocycles. The molecule has 1 aromatic carbocycles. The van der Waals surface area contributed by atoms with E-state index in [9.17, 15) is 24.3 Å². The maximum absolute atomic E-state index is 13.0. The van der Waals surface area contributed by atoms with Gasteiger partial charge in [0, 0.05) is 12.2 Å². The van der Waals surface area contributed by atoms with Crippen molar-refractivity contribution in [2.24, 2.45) is 11.7 Å². The second kappa shape index (κ2) is 13.8. The Morgan fingerprint density at radius 1 is 0.939 bits per heavy atom. The Morgan fingerprint density at radius 3 is 1.97 bits per heavy atom. The van der Waals surface area contributed by atoms with Crippen LogP contribution in [-0.2, 0) is 25.6 Å². The number of rotatable bonds is 13. The smallest absolute Gasteiger partial charge is 0.328 e. The first-order valence-electron chi connectivity index (χ1n) is 10.7. The molecule has 33 heavy (non-hydrogen) atoms. The standard InChI is InChI=1S/C22H34N4O6S/c1-12(2)9-15(23)19(28)24-16(10-14-7-5-4-6-8-14)20(29)25-17(11-33)21(30)26-18(13(3)27)22(31)32/h4-8,12-13,15-18,27,33H,9-11,23H2,1-3H3,(H,24,28)(H,25,29)(H,26,30)(H,31,32). The Kier molecular flexibility index (Phi) is 11.9. The second-order valence-electron chi connectivity index (χ2n) is 8.30. The van der Waals surface area contributed by atoms with Crippen LogP contribution in [0.2, 0.25) is 0 Å². The molecule has 0 spiro atoms. The lowest BCUT2D eigenvalue weighted by molar-refractivity contribution is -0.145. The van der Waals surface area contributed by atoms with Gasteiger partial charge in [0.05, 0.1) is 12.1 Å². The highest BCUT2D eigenvalue weighted by atomic mass is 32.1. The molecule has 0 heterocycles. The lowest BCUT2D eigenvalue weighted by atomic mass is 10.0. The summed E-state index contributed by atoms with van der Waals surface area (Å²) in [5.41, 5.74) is 6.73. The highest BCUT2D eigenvalue weighted by Crippen LogP contribution is 2.07. The van der Waals surface area contributed by atoms with E-state index in [1.807, 2.05) is 19.9 Å².